The van der Waals surface area contributed by atoms with Crippen molar-refractivity contribution < 1.29 is 9.53 Å². The minimum Gasteiger partial charge on any atom is -0.464 e. The molecule has 0 aliphatic rings. The van der Waals surface area contributed by atoms with E-state index >= 15 is 0 Å². The molecule has 0 fully saturated rings. The van der Waals surface area contributed by atoms with E-state index in [2.05, 4.69) is 20.8 Å². The number of carbonyl (C=O) groups is 1. The lowest BCUT2D eigenvalue weighted by Crippen LogP contribution is -2.49. The lowest BCUT2D eigenvalue weighted by Gasteiger charge is -2.30. The second kappa shape index (κ2) is 6.44. The van der Waals surface area contributed by atoms with Gasteiger partial charge in [-0.25, -0.2) is 4.79 Å². The molecule has 1 rings (SSSR count). The van der Waals surface area contributed by atoms with Crippen molar-refractivity contribution in [2.75, 3.05) is 12.4 Å². The average Bonchev–Trinajstić information content (AvgIpc) is 2.36. The number of benzene rings is 1. The molecule has 1 aromatic carbocycles. The molecule has 1 aromatic rings. The first-order chi connectivity index (χ1) is 8.79. The summed E-state index contributed by atoms with van der Waals surface area (Å²) in [6.07, 6.45) is 0. The molecule has 19 heavy (non-hydrogen) atoms. The largest absolute Gasteiger partial charge is 0.464 e. The first-order valence-corrected chi connectivity index (χ1v) is 7.44. The molecule has 0 spiro atoms. The predicted octanol–water partition coefficient (Wildman–Crippen LogP) is 2.94. The highest BCUT2D eigenvalue weighted by Crippen LogP contribution is 2.31. The first kappa shape index (κ1) is 16.1. The predicted molar refractivity (Wildman–Crippen MR) is 81.2 cm³/mol. The molecule has 0 heterocycles. The summed E-state index contributed by atoms with van der Waals surface area (Å²) in [7, 11) is 0. The smallest absolute Gasteiger partial charge is 0.331 e. The summed E-state index contributed by atoms with van der Waals surface area (Å²) in [5.41, 5.74) is 6.07. The quantitative estimate of drug-likeness (QED) is 0.843. The number of ether oxygens (including phenoxy) is 1. The standard InChI is InChI=1S/C15H23NO2S/c1-5-18-13(17)15(16,11-19-14(2,3)4)12-9-7-6-8-10-12/h6-10H,5,11,16H2,1-4H3. The fourth-order valence-electron chi connectivity index (χ4n) is 1.59. The van der Waals surface area contributed by atoms with Crippen LogP contribution in [0.3, 0.4) is 0 Å². The number of nitrogens with two attached hydrogens (primary N) is 1. The molecule has 0 bridgehead atoms. The fraction of sp³-hybridized carbons (Fsp3) is 0.533. The number of thioether (sulfide) groups is 1. The fourth-order valence-corrected chi connectivity index (χ4v) is 2.53. The minimum atomic E-state index is -1.09. The number of rotatable bonds is 5. The van der Waals surface area contributed by atoms with Crippen LogP contribution in [-0.4, -0.2) is 23.1 Å². The van der Waals surface area contributed by atoms with Gasteiger partial charge in [-0.2, -0.15) is 11.8 Å². The van der Waals surface area contributed by atoms with Crippen molar-refractivity contribution in [3.8, 4) is 0 Å². The van der Waals surface area contributed by atoms with Crippen LogP contribution >= 0.6 is 11.8 Å². The number of hydrogen-bond donors (Lipinski definition) is 1. The highest BCUT2D eigenvalue weighted by molar-refractivity contribution is 8.00. The molecule has 2 N–H and O–H groups in total. The maximum Gasteiger partial charge on any atom is 0.331 e. The van der Waals surface area contributed by atoms with Gasteiger partial charge in [0.15, 0.2) is 0 Å². The van der Waals surface area contributed by atoms with Crippen molar-refractivity contribution in [1.29, 1.82) is 0 Å². The molecular formula is C15H23NO2S. The topological polar surface area (TPSA) is 52.3 Å². The van der Waals surface area contributed by atoms with Crippen molar-refractivity contribution in [2.24, 2.45) is 5.73 Å². The van der Waals surface area contributed by atoms with Crippen molar-refractivity contribution in [3.05, 3.63) is 35.9 Å². The molecule has 0 aliphatic carbocycles. The molecule has 1 atom stereocenters. The van der Waals surface area contributed by atoms with E-state index < -0.39 is 5.54 Å². The van der Waals surface area contributed by atoms with Crippen LogP contribution in [0.1, 0.15) is 33.3 Å². The molecule has 106 valence electrons. The van der Waals surface area contributed by atoms with E-state index in [1.54, 1.807) is 18.7 Å². The van der Waals surface area contributed by atoms with E-state index in [1.165, 1.54) is 0 Å². The number of carbonyl (C=O) groups excluding carboxylic acids is 1. The highest BCUT2D eigenvalue weighted by atomic mass is 32.2. The van der Waals surface area contributed by atoms with Crippen molar-refractivity contribution in [2.45, 2.75) is 38.0 Å². The zero-order valence-corrected chi connectivity index (χ0v) is 12.9. The summed E-state index contributed by atoms with van der Waals surface area (Å²) in [4.78, 5) is 12.2. The normalized spacial score (nSPS) is 14.8. The molecule has 0 saturated carbocycles. The molecule has 3 nitrogen and oxygen atoms in total. The van der Waals surface area contributed by atoms with E-state index in [1.807, 2.05) is 30.3 Å². The maximum atomic E-state index is 12.2. The Morgan fingerprint density at radius 2 is 1.84 bits per heavy atom. The van der Waals surface area contributed by atoms with Crippen LogP contribution in [0.15, 0.2) is 30.3 Å². The Kier molecular flexibility index (Phi) is 5.44. The lowest BCUT2D eigenvalue weighted by molar-refractivity contribution is -0.149. The summed E-state index contributed by atoms with van der Waals surface area (Å²) in [6, 6.07) is 9.43. The molecular weight excluding hydrogens is 258 g/mol. The zero-order valence-electron chi connectivity index (χ0n) is 12.1. The Morgan fingerprint density at radius 1 is 1.26 bits per heavy atom. The summed E-state index contributed by atoms with van der Waals surface area (Å²) in [6.45, 7) is 8.45. The average molecular weight is 281 g/mol. The molecule has 0 aliphatic heterocycles. The second-order valence-electron chi connectivity index (χ2n) is 5.46. The van der Waals surface area contributed by atoms with Gasteiger partial charge in [0.25, 0.3) is 0 Å². The Labute approximate surface area is 119 Å². The van der Waals surface area contributed by atoms with Crippen LogP contribution in [0, 0.1) is 0 Å². The van der Waals surface area contributed by atoms with Crippen LogP contribution in [-0.2, 0) is 15.1 Å². The van der Waals surface area contributed by atoms with E-state index in [0.717, 1.165) is 5.56 Å². The van der Waals surface area contributed by atoms with Gasteiger partial charge >= 0.3 is 5.97 Å². The van der Waals surface area contributed by atoms with Gasteiger partial charge < -0.3 is 10.5 Å². The second-order valence-corrected chi connectivity index (χ2v) is 7.26. The van der Waals surface area contributed by atoms with E-state index in [4.69, 9.17) is 10.5 Å². The van der Waals surface area contributed by atoms with Crippen LogP contribution in [0.25, 0.3) is 0 Å². The molecule has 0 amide bonds. The van der Waals surface area contributed by atoms with Gasteiger partial charge in [0.2, 0.25) is 0 Å². The lowest BCUT2D eigenvalue weighted by atomic mass is 9.93. The van der Waals surface area contributed by atoms with Crippen LogP contribution in [0.5, 0.6) is 0 Å². The van der Waals surface area contributed by atoms with Crippen LogP contribution < -0.4 is 5.73 Å². The van der Waals surface area contributed by atoms with E-state index in [0.29, 0.717) is 12.4 Å². The Morgan fingerprint density at radius 3 is 2.32 bits per heavy atom. The van der Waals surface area contributed by atoms with Crippen LogP contribution in [0.4, 0.5) is 0 Å². The minimum absolute atomic E-state index is 0.0475. The molecule has 0 radical (unpaired) electrons. The number of hydrogen-bond acceptors (Lipinski definition) is 4. The van der Waals surface area contributed by atoms with Crippen molar-refractivity contribution >= 4 is 17.7 Å². The molecule has 0 saturated heterocycles. The summed E-state index contributed by atoms with van der Waals surface area (Å²) >= 11 is 1.66. The summed E-state index contributed by atoms with van der Waals surface area (Å²) in [5.74, 6) is 0.136. The van der Waals surface area contributed by atoms with Gasteiger partial charge in [-0.05, 0) is 12.5 Å². The van der Waals surface area contributed by atoms with Gasteiger partial charge in [-0.3, -0.25) is 0 Å². The van der Waals surface area contributed by atoms with Gasteiger partial charge in [-0.1, -0.05) is 51.1 Å². The summed E-state index contributed by atoms with van der Waals surface area (Å²) < 4.78 is 5.20. The third-order valence-corrected chi connectivity index (χ3v) is 4.13. The Hall–Kier alpha value is -1.00. The third-order valence-electron chi connectivity index (χ3n) is 2.66. The van der Waals surface area contributed by atoms with Crippen molar-refractivity contribution in [3.63, 3.8) is 0 Å². The van der Waals surface area contributed by atoms with Gasteiger partial charge in [0.05, 0.1) is 6.61 Å². The molecule has 4 heteroatoms. The zero-order chi connectivity index (χ0) is 14.5. The Bertz CT molecular complexity index is 414. The monoisotopic (exact) mass is 281 g/mol. The van der Waals surface area contributed by atoms with Gasteiger partial charge in [0.1, 0.15) is 5.54 Å². The van der Waals surface area contributed by atoms with Gasteiger partial charge in [0, 0.05) is 10.5 Å². The SMILES string of the molecule is CCOC(=O)C(N)(CSC(C)(C)C)c1ccccc1. The highest BCUT2D eigenvalue weighted by Gasteiger charge is 2.38. The molecule has 1 unspecified atom stereocenters. The maximum absolute atomic E-state index is 12.2. The molecule has 0 aromatic heterocycles. The third kappa shape index (κ3) is 4.55. The van der Waals surface area contributed by atoms with E-state index in [9.17, 15) is 4.79 Å². The van der Waals surface area contributed by atoms with Crippen molar-refractivity contribution in [1.82, 2.24) is 0 Å². The Balaban J connectivity index is 3.00. The van der Waals surface area contributed by atoms with Crippen LogP contribution in [0.2, 0.25) is 0 Å². The number of esters is 1. The summed E-state index contributed by atoms with van der Waals surface area (Å²) in [5, 5.41) is 0. The van der Waals surface area contributed by atoms with E-state index in [-0.39, 0.29) is 10.7 Å². The first-order valence-electron chi connectivity index (χ1n) is 6.45. The van der Waals surface area contributed by atoms with Gasteiger partial charge in [-0.15, -0.1) is 0 Å².